The van der Waals surface area contributed by atoms with Crippen LogP contribution in [-0.4, -0.2) is 43.1 Å². The van der Waals surface area contributed by atoms with Crippen LogP contribution in [0.5, 0.6) is 0 Å². The molecule has 4 heteroatoms. The number of anilines is 1. The second-order valence-corrected chi connectivity index (χ2v) is 6.86. The molecule has 1 aliphatic rings. The third-order valence-electron chi connectivity index (χ3n) is 4.90. The fourth-order valence-electron chi connectivity index (χ4n) is 3.42. The third-order valence-corrected chi connectivity index (χ3v) is 4.90. The Bertz CT molecular complexity index is 702. The van der Waals surface area contributed by atoms with E-state index in [9.17, 15) is 0 Å². The van der Waals surface area contributed by atoms with Gasteiger partial charge in [0.25, 0.3) is 0 Å². The molecule has 1 aliphatic heterocycles. The zero-order chi connectivity index (χ0) is 16.6. The molecular formula is C19H28N4. The fraction of sp³-hybridized carbons (Fsp3) is 0.526. The van der Waals surface area contributed by atoms with Crippen molar-refractivity contribution in [3.05, 3.63) is 34.9 Å². The largest absolute Gasteiger partial charge is 0.354 e. The zero-order valence-corrected chi connectivity index (χ0v) is 14.8. The topological polar surface area (TPSA) is 45.4 Å². The Balaban J connectivity index is 2.13. The van der Waals surface area contributed by atoms with Gasteiger partial charge in [0.15, 0.2) is 0 Å². The summed E-state index contributed by atoms with van der Waals surface area (Å²) in [6.07, 6.45) is 0.929. The second-order valence-electron chi connectivity index (χ2n) is 6.86. The van der Waals surface area contributed by atoms with Gasteiger partial charge in [-0.2, -0.15) is 0 Å². The highest BCUT2D eigenvalue weighted by atomic mass is 15.3. The normalized spacial score (nSPS) is 17.7. The van der Waals surface area contributed by atoms with Crippen LogP contribution in [0.25, 0.3) is 10.9 Å². The lowest BCUT2D eigenvalue weighted by Gasteiger charge is -2.35. The van der Waals surface area contributed by atoms with Crippen molar-refractivity contribution in [2.45, 2.75) is 33.2 Å². The van der Waals surface area contributed by atoms with E-state index in [1.165, 1.54) is 22.1 Å². The van der Waals surface area contributed by atoms with Gasteiger partial charge in [-0.15, -0.1) is 0 Å². The van der Waals surface area contributed by atoms with Crippen LogP contribution in [0.15, 0.2) is 18.2 Å². The summed E-state index contributed by atoms with van der Waals surface area (Å²) in [5.41, 5.74) is 11.2. The summed E-state index contributed by atoms with van der Waals surface area (Å²) in [6.45, 7) is 10.6. The number of likely N-dealkylation sites (N-methyl/N-ethyl adjacent to an activating group) is 1. The minimum absolute atomic E-state index is 0.0439. The molecular weight excluding hydrogens is 284 g/mol. The first-order valence-corrected chi connectivity index (χ1v) is 8.60. The number of hydrogen-bond donors (Lipinski definition) is 1. The molecule has 0 radical (unpaired) electrons. The van der Waals surface area contributed by atoms with Crippen LogP contribution in [0.1, 0.15) is 36.1 Å². The van der Waals surface area contributed by atoms with Gasteiger partial charge < -0.3 is 15.5 Å². The molecule has 2 N–H and O–H groups in total. The Morgan fingerprint density at radius 2 is 1.83 bits per heavy atom. The van der Waals surface area contributed by atoms with E-state index in [0.717, 1.165) is 43.9 Å². The highest BCUT2D eigenvalue weighted by Gasteiger charge is 2.21. The molecule has 1 unspecified atom stereocenters. The lowest BCUT2D eigenvalue weighted by Crippen LogP contribution is -2.45. The number of fused-ring (bicyclic) bond motifs is 1. The number of nitrogens with zero attached hydrogens (tertiary/aromatic N) is 3. The summed E-state index contributed by atoms with van der Waals surface area (Å²) >= 11 is 0. The van der Waals surface area contributed by atoms with Gasteiger partial charge in [-0.05, 0) is 45.0 Å². The van der Waals surface area contributed by atoms with Gasteiger partial charge in [-0.3, -0.25) is 0 Å². The molecule has 4 nitrogen and oxygen atoms in total. The molecule has 0 bridgehead atoms. The van der Waals surface area contributed by atoms with E-state index in [2.05, 4.69) is 55.8 Å². The predicted octanol–water partition coefficient (Wildman–Crippen LogP) is 3.01. The molecule has 23 heavy (non-hydrogen) atoms. The first-order valence-electron chi connectivity index (χ1n) is 8.60. The average Bonchev–Trinajstić information content (AvgIpc) is 2.54. The molecule has 3 rings (SSSR count). The Kier molecular flexibility index (Phi) is 4.55. The van der Waals surface area contributed by atoms with Gasteiger partial charge in [-0.1, -0.05) is 18.6 Å². The Morgan fingerprint density at radius 3 is 2.48 bits per heavy atom. The van der Waals surface area contributed by atoms with Crippen molar-refractivity contribution in [2.75, 3.05) is 38.1 Å². The van der Waals surface area contributed by atoms with Crippen LogP contribution in [0.3, 0.4) is 0 Å². The molecule has 2 aromatic rings. The minimum Gasteiger partial charge on any atom is -0.354 e. The number of nitrogens with two attached hydrogens (primary N) is 1. The average molecular weight is 312 g/mol. The van der Waals surface area contributed by atoms with Crippen LogP contribution < -0.4 is 10.6 Å². The number of piperazine rings is 1. The predicted molar refractivity (Wildman–Crippen MR) is 98.1 cm³/mol. The van der Waals surface area contributed by atoms with Gasteiger partial charge in [0.2, 0.25) is 0 Å². The van der Waals surface area contributed by atoms with Gasteiger partial charge >= 0.3 is 0 Å². The van der Waals surface area contributed by atoms with E-state index in [1.807, 2.05) is 0 Å². The smallest absolute Gasteiger partial charge is 0.134 e. The summed E-state index contributed by atoms with van der Waals surface area (Å²) in [5.74, 6) is 1.09. The van der Waals surface area contributed by atoms with Crippen molar-refractivity contribution in [3.63, 3.8) is 0 Å². The lowest BCUT2D eigenvalue weighted by atomic mass is 10.00. The quantitative estimate of drug-likeness (QED) is 0.946. The summed E-state index contributed by atoms with van der Waals surface area (Å²) in [4.78, 5) is 9.83. The number of aromatic nitrogens is 1. The monoisotopic (exact) mass is 312 g/mol. The van der Waals surface area contributed by atoms with E-state index in [1.54, 1.807) is 0 Å². The van der Waals surface area contributed by atoms with Crippen molar-refractivity contribution in [1.82, 2.24) is 9.88 Å². The van der Waals surface area contributed by atoms with Gasteiger partial charge in [0, 0.05) is 43.2 Å². The van der Waals surface area contributed by atoms with Crippen molar-refractivity contribution in [2.24, 2.45) is 5.73 Å². The highest BCUT2D eigenvalue weighted by molar-refractivity contribution is 5.85. The maximum Gasteiger partial charge on any atom is 0.134 e. The van der Waals surface area contributed by atoms with Crippen LogP contribution in [0, 0.1) is 13.8 Å². The van der Waals surface area contributed by atoms with E-state index in [0.29, 0.717) is 0 Å². The van der Waals surface area contributed by atoms with Crippen LogP contribution >= 0.6 is 0 Å². The lowest BCUT2D eigenvalue weighted by molar-refractivity contribution is 0.311. The van der Waals surface area contributed by atoms with Crippen molar-refractivity contribution in [3.8, 4) is 0 Å². The summed E-state index contributed by atoms with van der Waals surface area (Å²) in [5, 5.41) is 1.21. The van der Waals surface area contributed by atoms with E-state index < -0.39 is 0 Å². The minimum atomic E-state index is 0.0439. The molecule has 1 aromatic heterocycles. The third kappa shape index (κ3) is 3.19. The molecule has 0 spiro atoms. The summed E-state index contributed by atoms with van der Waals surface area (Å²) < 4.78 is 0. The van der Waals surface area contributed by atoms with Crippen LogP contribution in [0.4, 0.5) is 5.82 Å². The van der Waals surface area contributed by atoms with Crippen LogP contribution in [-0.2, 0) is 0 Å². The Morgan fingerprint density at radius 1 is 1.13 bits per heavy atom. The Hall–Kier alpha value is -1.65. The summed E-state index contributed by atoms with van der Waals surface area (Å²) in [6, 6.07) is 6.74. The van der Waals surface area contributed by atoms with E-state index in [4.69, 9.17) is 10.7 Å². The number of aryl methyl sites for hydroxylation is 2. The van der Waals surface area contributed by atoms with E-state index >= 15 is 0 Å². The molecule has 0 aliphatic carbocycles. The van der Waals surface area contributed by atoms with Gasteiger partial charge in [0.05, 0.1) is 5.52 Å². The first kappa shape index (κ1) is 16.2. The molecule has 1 saturated heterocycles. The molecule has 1 fully saturated rings. The Labute approximate surface area is 139 Å². The first-order chi connectivity index (χ1) is 11.0. The van der Waals surface area contributed by atoms with Gasteiger partial charge in [-0.25, -0.2) is 4.98 Å². The molecule has 124 valence electrons. The fourth-order valence-corrected chi connectivity index (χ4v) is 3.42. The van der Waals surface area contributed by atoms with E-state index in [-0.39, 0.29) is 6.04 Å². The van der Waals surface area contributed by atoms with Crippen molar-refractivity contribution >= 4 is 16.7 Å². The number of rotatable bonds is 3. The number of pyridine rings is 1. The number of benzene rings is 1. The maximum atomic E-state index is 6.42. The number of hydrogen-bond acceptors (Lipinski definition) is 4. The standard InChI is InChI=1S/C19H28N4/c1-5-17(20)16-12-15-11-13(2)10-14(3)18(15)21-19(16)23-8-6-22(4)7-9-23/h10-12,17H,5-9,20H2,1-4H3. The van der Waals surface area contributed by atoms with Crippen molar-refractivity contribution in [1.29, 1.82) is 0 Å². The van der Waals surface area contributed by atoms with Gasteiger partial charge in [0.1, 0.15) is 5.82 Å². The molecule has 0 saturated carbocycles. The highest BCUT2D eigenvalue weighted by Crippen LogP contribution is 2.31. The van der Waals surface area contributed by atoms with Crippen LogP contribution in [0.2, 0.25) is 0 Å². The SMILES string of the molecule is CCC(N)c1cc2cc(C)cc(C)c2nc1N1CCN(C)CC1. The maximum absolute atomic E-state index is 6.42. The zero-order valence-electron chi connectivity index (χ0n) is 14.8. The molecule has 1 aromatic carbocycles. The molecule has 1 atom stereocenters. The molecule has 2 heterocycles. The summed E-state index contributed by atoms with van der Waals surface area (Å²) in [7, 11) is 2.18. The second kappa shape index (κ2) is 6.46. The molecule has 0 amide bonds. The van der Waals surface area contributed by atoms with Crippen molar-refractivity contribution < 1.29 is 0 Å².